The fraction of sp³-hybridized carbons (Fsp3) is 0.696. The van der Waals surface area contributed by atoms with Crippen molar-refractivity contribution in [1.29, 1.82) is 0 Å². The third-order valence-electron chi connectivity index (χ3n) is 5.51. The second kappa shape index (κ2) is 12.9. The van der Waals surface area contributed by atoms with Crippen molar-refractivity contribution in [3.63, 3.8) is 0 Å². The molecule has 5 nitrogen and oxygen atoms in total. The molecule has 29 heavy (non-hydrogen) atoms. The van der Waals surface area contributed by atoms with Gasteiger partial charge in [-0.1, -0.05) is 65.2 Å². The Bertz CT molecular complexity index is 709. The van der Waals surface area contributed by atoms with E-state index in [1.807, 2.05) is 32.0 Å². The van der Waals surface area contributed by atoms with Gasteiger partial charge in [-0.2, -0.15) is 0 Å². The molecule has 0 aromatic heterocycles. The van der Waals surface area contributed by atoms with Gasteiger partial charge >= 0.3 is 0 Å². The number of carbonyl (C=O) groups excluding carboxylic acids is 1. The maximum atomic E-state index is 12.5. The first-order valence-electron chi connectivity index (χ1n) is 11.1. The van der Waals surface area contributed by atoms with E-state index in [4.69, 9.17) is 0 Å². The Morgan fingerprint density at radius 1 is 1.07 bits per heavy atom. The zero-order valence-electron chi connectivity index (χ0n) is 19.0. The van der Waals surface area contributed by atoms with Gasteiger partial charge in [-0.15, -0.1) is 0 Å². The summed E-state index contributed by atoms with van der Waals surface area (Å²) in [5.41, 5.74) is 2.85. The predicted octanol–water partition coefficient (Wildman–Crippen LogP) is 4.69. The van der Waals surface area contributed by atoms with Crippen LogP contribution in [0.25, 0.3) is 0 Å². The number of nitrogens with one attached hydrogen (secondary N) is 1. The molecule has 1 aromatic rings. The molecule has 0 heterocycles. The van der Waals surface area contributed by atoms with Gasteiger partial charge in [-0.05, 0) is 42.7 Å². The van der Waals surface area contributed by atoms with E-state index in [-0.39, 0.29) is 5.91 Å². The molecule has 1 amide bonds. The quantitative estimate of drug-likeness (QED) is 0.471. The van der Waals surface area contributed by atoms with Crippen LogP contribution < -0.4 is 9.62 Å². The summed E-state index contributed by atoms with van der Waals surface area (Å²) in [5, 5.41) is 3.03. The molecular formula is C23H40N2O3S. The number of carbonyl (C=O) groups is 1. The maximum Gasteiger partial charge on any atom is 0.232 e. The standard InChI is InChI=1S/C23H40N2O3S/c1-6-10-13-19(7-2)18-24-22(26)16-12-17-25(29(5,27)28)23-20(8-3)14-11-15-21(23)9-4/h11,14-15,19H,6-10,12-13,16-18H2,1-5H3,(H,24,26). The van der Waals surface area contributed by atoms with Crippen molar-refractivity contribution < 1.29 is 13.2 Å². The molecule has 0 aliphatic rings. The van der Waals surface area contributed by atoms with Crippen LogP contribution in [0, 0.1) is 5.92 Å². The molecule has 0 saturated carbocycles. The molecular weight excluding hydrogens is 384 g/mol. The summed E-state index contributed by atoms with van der Waals surface area (Å²) in [4.78, 5) is 12.3. The number of benzene rings is 1. The number of sulfonamides is 1. The first-order chi connectivity index (χ1) is 13.8. The summed E-state index contributed by atoms with van der Waals surface area (Å²) >= 11 is 0. The van der Waals surface area contributed by atoms with Gasteiger partial charge in [-0.3, -0.25) is 9.10 Å². The van der Waals surface area contributed by atoms with Crippen molar-refractivity contribution in [3.8, 4) is 0 Å². The summed E-state index contributed by atoms with van der Waals surface area (Å²) in [5.74, 6) is 0.530. The van der Waals surface area contributed by atoms with Gasteiger partial charge in [0.25, 0.3) is 0 Å². The SMILES string of the molecule is CCCCC(CC)CNC(=O)CCCN(c1c(CC)cccc1CC)S(C)(=O)=O. The highest BCUT2D eigenvalue weighted by Crippen LogP contribution is 2.29. The molecule has 0 aliphatic heterocycles. The molecule has 0 spiro atoms. The van der Waals surface area contributed by atoms with Crippen molar-refractivity contribution in [2.24, 2.45) is 5.92 Å². The molecule has 0 saturated heterocycles. The van der Waals surface area contributed by atoms with Crippen LogP contribution in [-0.4, -0.2) is 33.7 Å². The Hall–Kier alpha value is -1.56. The zero-order valence-corrected chi connectivity index (χ0v) is 19.8. The van der Waals surface area contributed by atoms with E-state index in [1.165, 1.54) is 23.4 Å². The highest BCUT2D eigenvalue weighted by Gasteiger charge is 2.22. The first kappa shape index (κ1) is 25.5. The normalized spacial score (nSPS) is 12.6. The van der Waals surface area contributed by atoms with Crippen LogP contribution in [0.3, 0.4) is 0 Å². The van der Waals surface area contributed by atoms with Gasteiger partial charge < -0.3 is 5.32 Å². The molecule has 1 unspecified atom stereocenters. The molecule has 1 atom stereocenters. The van der Waals surface area contributed by atoms with Gasteiger partial charge in [0, 0.05) is 19.5 Å². The van der Waals surface area contributed by atoms with E-state index in [0.29, 0.717) is 31.8 Å². The fourth-order valence-electron chi connectivity index (χ4n) is 3.65. The molecule has 166 valence electrons. The number of amides is 1. The molecule has 1 rings (SSSR count). The minimum atomic E-state index is -3.42. The molecule has 0 bridgehead atoms. The number of para-hydroxylation sites is 1. The monoisotopic (exact) mass is 424 g/mol. The lowest BCUT2D eigenvalue weighted by Gasteiger charge is -2.27. The van der Waals surface area contributed by atoms with E-state index in [0.717, 1.165) is 42.5 Å². The number of nitrogens with zero attached hydrogens (tertiary/aromatic N) is 1. The van der Waals surface area contributed by atoms with Gasteiger partial charge in [0.05, 0.1) is 11.9 Å². The van der Waals surface area contributed by atoms with E-state index >= 15 is 0 Å². The number of rotatable bonds is 14. The molecule has 1 N–H and O–H groups in total. The van der Waals surface area contributed by atoms with Gasteiger partial charge in [0.2, 0.25) is 15.9 Å². The van der Waals surface area contributed by atoms with Crippen LogP contribution in [0.15, 0.2) is 18.2 Å². The first-order valence-corrected chi connectivity index (χ1v) is 13.0. The van der Waals surface area contributed by atoms with Crippen molar-refractivity contribution in [1.82, 2.24) is 5.32 Å². The van der Waals surface area contributed by atoms with Crippen LogP contribution in [0.1, 0.15) is 77.3 Å². The largest absolute Gasteiger partial charge is 0.356 e. The molecule has 6 heteroatoms. The van der Waals surface area contributed by atoms with E-state index < -0.39 is 10.0 Å². The van der Waals surface area contributed by atoms with Gasteiger partial charge in [-0.25, -0.2) is 8.42 Å². The van der Waals surface area contributed by atoms with Crippen LogP contribution >= 0.6 is 0 Å². The molecule has 0 aliphatic carbocycles. The predicted molar refractivity (Wildman–Crippen MR) is 123 cm³/mol. The molecule has 1 aromatic carbocycles. The van der Waals surface area contributed by atoms with Crippen molar-refractivity contribution in [2.75, 3.05) is 23.7 Å². The number of hydrogen-bond acceptors (Lipinski definition) is 3. The van der Waals surface area contributed by atoms with Crippen LogP contribution in [0.2, 0.25) is 0 Å². The van der Waals surface area contributed by atoms with Crippen molar-refractivity contribution >= 4 is 21.6 Å². The van der Waals surface area contributed by atoms with Gasteiger partial charge in [0.15, 0.2) is 0 Å². The van der Waals surface area contributed by atoms with E-state index in [1.54, 1.807) is 0 Å². The summed E-state index contributed by atoms with van der Waals surface area (Å²) in [7, 11) is -3.42. The third-order valence-corrected chi connectivity index (χ3v) is 6.68. The second-order valence-electron chi connectivity index (χ2n) is 7.79. The second-order valence-corrected chi connectivity index (χ2v) is 9.70. The lowest BCUT2D eigenvalue weighted by Crippen LogP contribution is -2.34. The smallest absolute Gasteiger partial charge is 0.232 e. The summed E-state index contributed by atoms with van der Waals surface area (Å²) in [6, 6.07) is 5.96. The minimum absolute atomic E-state index is 0.00731. The van der Waals surface area contributed by atoms with Crippen LogP contribution in [0.5, 0.6) is 0 Å². The van der Waals surface area contributed by atoms with E-state index in [9.17, 15) is 13.2 Å². The summed E-state index contributed by atoms with van der Waals surface area (Å²) in [6.07, 6.45) is 8.20. The minimum Gasteiger partial charge on any atom is -0.356 e. The highest BCUT2D eigenvalue weighted by molar-refractivity contribution is 7.92. The third kappa shape index (κ3) is 8.37. The Balaban J connectivity index is 2.75. The Morgan fingerprint density at radius 2 is 1.69 bits per heavy atom. The van der Waals surface area contributed by atoms with Gasteiger partial charge in [0.1, 0.15) is 0 Å². The molecule has 0 fully saturated rings. The number of anilines is 1. The van der Waals surface area contributed by atoms with Crippen molar-refractivity contribution in [3.05, 3.63) is 29.3 Å². The highest BCUT2D eigenvalue weighted by atomic mass is 32.2. The van der Waals surface area contributed by atoms with E-state index in [2.05, 4.69) is 19.2 Å². The molecule has 0 radical (unpaired) electrons. The lowest BCUT2D eigenvalue weighted by atomic mass is 9.99. The topological polar surface area (TPSA) is 66.5 Å². The number of unbranched alkanes of at least 4 members (excludes halogenated alkanes) is 1. The van der Waals surface area contributed by atoms with Crippen LogP contribution in [0.4, 0.5) is 5.69 Å². The average molecular weight is 425 g/mol. The number of hydrogen-bond donors (Lipinski definition) is 1. The van der Waals surface area contributed by atoms with Crippen molar-refractivity contribution in [2.45, 2.75) is 79.1 Å². The summed E-state index contributed by atoms with van der Waals surface area (Å²) < 4.78 is 26.5. The van der Waals surface area contributed by atoms with Crippen LogP contribution in [-0.2, 0) is 27.7 Å². The maximum absolute atomic E-state index is 12.5. The number of aryl methyl sites for hydroxylation is 2. The Kier molecular flexibility index (Phi) is 11.3. The Morgan fingerprint density at radius 3 is 2.17 bits per heavy atom. The summed E-state index contributed by atoms with van der Waals surface area (Å²) in [6.45, 7) is 9.45. The average Bonchev–Trinajstić information content (AvgIpc) is 2.70. The fourth-order valence-corrected chi connectivity index (χ4v) is 4.68. The Labute approximate surface area is 178 Å². The lowest BCUT2D eigenvalue weighted by molar-refractivity contribution is -0.121. The zero-order chi connectivity index (χ0) is 21.9.